The van der Waals surface area contributed by atoms with E-state index in [2.05, 4.69) is 10.5 Å². The van der Waals surface area contributed by atoms with Crippen molar-refractivity contribution >= 4 is 28.9 Å². The second-order valence-corrected chi connectivity index (χ2v) is 6.50. The molecule has 0 saturated heterocycles. The van der Waals surface area contributed by atoms with Crippen LogP contribution >= 0.6 is 0 Å². The van der Waals surface area contributed by atoms with Gasteiger partial charge < -0.3 is 0 Å². The van der Waals surface area contributed by atoms with Gasteiger partial charge in [-0.25, -0.2) is 5.43 Å². The number of hydrazone groups is 1. The van der Waals surface area contributed by atoms with Gasteiger partial charge in [0.15, 0.2) is 0 Å². The average Bonchev–Trinajstić information content (AvgIpc) is 2.78. The molecule has 3 rings (SSSR count). The first-order chi connectivity index (χ1) is 14.1. The number of para-hydroxylation sites is 2. The Morgan fingerprint density at radius 1 is 0.759 bits per heavy atom. The molecule has 0 spiro atoms. The fraction of sp³-hybridized carbons (Fsp3) is 0.125. The number of nitrogens with one attached hydrogen (secondary N) is 1. The molecule has 2 amide bonds. The zero-order chi connectivity index (χ0) is 20.5. The Hall–Kier alpha value is -3.73. The van der Waals surface area contributed by atoms with Crippen LogP contribution in [-0.4, -0.2) is 17.5 Å². The van der Waals surface area contributed by atoms with Crippen LogP contribution in [0.25, 0.3) is 0 Å². The van der Waals surface area contributed by atoms with Crippen LogP contribution in [0.5, 0.6) is 0 Å². The molecular weight excluding hydrogens is 362 g/mol. The van der Waals surface area contributed by atoms with Crippen LogP contribution < -0.4 is 10.3 Å². The van der Waals surface area contributed by atoms with Gasteiger partial charge >= 0.3 is 0 Å². The van der Waals surface area contributed by atoms with Gasteiger partial charge in [0.2, 0.25) is 11.8 Å². The standard InChI is InChI=1S/C24H23N3O2/c1-19(20-11-5-2-6-12-20)25-26-23(28)17-18-24(29)27(21-13-7-3-8-14-21)22-15-9-4-10-16-22/h2-16H,17-18H2,1H3,(H,26,28)/b25-19+. The Morgan fingerprint density at radius 3 is 1.76 bits per heavy atom. The van der Waals surface area contributed by atoms with Gasteiger partial charge in [-0.05, 0) is 36.8 Å². The van der Waals surface area contributed by atoms with E-state index in [9.17, 15) is 9.59 Å². The van der Waals surface area contributed by atoms with Crippen LogP contribution in [-0.2, 0) is 9.59 Å². The highest BCUT2D eigenvalue weighted by Gasteiger charge is 2.18. The molecule has 1 N–H and O–H groups in total. The van der Waals surface area contributed by atoms with E-state index in [-0.39, 0.29) is 24.7 Å². The van der Waals surface area contributed by atoms with Crippen molar-refractivity contribution in [2.45, 2.75) is 19.8 Å². The first-order valence-electron chi connectivity index (χ1n) is 9.47. The second kappa shape index (κ2) is 9.99. The lowest BCUT2D eigenvalue weighted by Crippen LogP contribution is -2.28. The van der Waals surface area contributed by atoms with E-state index in [1.807, 2.05) is 97.9 Å². The van der Waals surface area contributed by atoms with E-state index < -0.39 is 0 Å². The average molecular weight is 385 g/mol. The van der Waals surface area contributed by atoms with Gasteiger partial charge in [0.25, 0.3) is 0 Å². The first-order valence-corrected chi connectivity index (χ1v) is 9.47. The van der Waals surface area contributed by atoms with Gasteiger partial charge in [-0.1, -0.05) is 66.7 Å². The summed E-state index contributed by atoms with van der Waals surface area (Å²) >= 11 is 0. The summed E-state index contributed by atoms with van der Waals surface area (Å²) in [6.45, 7) is 1.83. The number of rotatable bonds is 7. The zero-order valence-corrected chi connectivity index (χ0v) is 16.3. The second-order valence-electron chi connectivity index (χ2n) is 6.50. The van der Waals surface area contributed by atoms with Gasteiger partial charge in [0.05, 0.1) is 5.71 Å². The molecule has 0 unspecified atom stereocenters. The van der Waals surface area contributed by atoms with Crippen LogP contribution in [0, 0.1) is 0 Å². The Morgan fingerprint density at radius 2 is 1.24 bits per heavy atom. The third-order valence-corrected chi connectivity index (χ3v) is 4.38. The van der Waals surface area contributed by atoms with Crippen LogP contribution in [0.1, 0.15) is 25.3 Å². The Bertz CT molecular complexity index is 931. The van der Waals surface area contributed by atoms with E-state index in [1.165, 1.54) is 0 Å². The van der Waals surface area contributed by atoms with Gasteiger partial charge in [-0.15, -0.1) is 0 Å². The summed E-state index contributed by atoms with van der Waals surface area (Å²) in [6, 6.07) is 28.4. The lowest BCUT2D eigenvalue weighted by atomic mass is 10.1. The zero-order valence-electron chi connectivity index (χ0n) is 16.3. The predicted molar refractivity (Wildman–Crippen MR) is 116 cm³/mol. The predicted octanol–water partition coefficient (Wildman–Crippen LogP) is 4.67. The highest BCUT2D eigenvalue weighted by atomic mass is 16.2. The highest BCUT2D eigenvalue weighted by Crippen LogP contribution is 2.26. The van der Waals surface area contributed by atoms with E-state index >= 15 is 0 Å². The molecule has 5 heteroatoms. The molecule has 146 valence electrons. The fourth-order valence-corrected chi connectivity index (χ4v) is 2.87. The van der Waals surface area contributed by atoms with Crippen molar-refractivity contribution in [1.29, 1.82) is 0 Å². The topological polar surface area (TPSA) is 61.8 Å². The number of anilines is 2. The Labute approximate surface area is 170 Å². The van der Waals surface area contributed by atoms with Crippen molar-refractivity contribution in [2.75, 3.05) is 4.90 Å². The van der Waals surface area contributed by atoms with Crippen LogP contribution in [0.15, 0.2) is 96.1 Å². The third-order valence-electron chi connectivity index (χ3n) is 4.38. The molecule has 0 aliphatic carbocycles. The molecule has 0 fully saturated rings. The van der Waals surface area contributed by atoms with E-state index in [0.29, 0.717) is 5.71 Å². The maximum atomic E-state index is 12.9. The van der Waals surface area contributed by atoms with Gasteiger partial charge in [-0.3, -0.25) is 14.5 Å². The van der Waals surface area contributed by atoms with Crippen molar-refractivity contribution in [3.8, 4) is 0 Å². The van der Waals surface area contributed by atoms with Crippen molar-refractivity contribution in [1.82, 2.24) is 5.43 Å². The van der Waals surface area contributed by atoms with E-state index in [0.717, 1.165) is 16.9 Å². The van der Waals surface area contributed by atoms with Crippen molar-refractivity contribution in [3.63, 3.8) is 0 Å². The number of carbonyl (C=O) groups excluding carboxylic acids is 2. The lowest BCUT2D eigenvalue weighted by molar-refractivity contribution is -0.124. The maximum Gasteiger partial charge on any atom is 0.240 e. The summed E-state index contributed by atoms with van der Waals surface area (Å²) < 4.78 is 0. The third kappa shape index (κ3) is 5.62. The van der Waals surface area contributed by atoms with Crippen LogP contribution in [0.2, 0.25) is 0 Å². The molecule has 3 aromatic carbocycles. The molecular formula is C24H23N3O2. The SMILES string of the molecule is C/C(=N\NC(=O)CCC(=O)N(c1ccccc1)c1ccccc1)c1ccccc1. The van der Waals surface area contributed by atoms with Crippen LogP contribution in [0.4, 0.5) is 11.4 Å². The molecule has 0 aliphatic rings. The summed E-state index contributed by atoms with van der Waals surface area (Å²) in [5.41, 5.74) is 5.71. The highest BCUT2D eigenvalue weighted by molar-refractivity contribution is 6.02. The molecule has 0 aromatic heterocycles. The van der Waals surface area contributed by atoms with Gasteiger partial charge in [0, 0.05) is 24.2 Å². The Balaban J connectivity index is 1.64. The van der Waals surface area contributed by atoms with Gasteiger partial charge in [-0.2, -0.15) is 5.10 Å². The molecule has 0 heterocycles. The molecule has 0 radical (unpaired) electrons. The summed E-state index contributed by atoms with van der Waals surface area (Å²) in [5, 5.41) is 4.13. The Kier molecular flexibility index (Phi) is 6.90. The maximum absolute atomic E-state index is 12.9. The molecule has 0 bridgehead atoms. The number of nitrogens with zero attached hydrogens (tertiary/aromatic N) is 2. The van der Waals surface area contributed by atoms with E-state index in [1.54, 1.807) is 4.90 Å². The minimum atomic E-state index is -0.297. The minimum Gasteiger partial charge on any atom is -0.281 e. The van der Waals surface area contributed by atoms with Crippen LogP contribution in [0.3, 0.4) is 0 Å². The molecule has 0 saturated carbocycles. The molecule has 0 aliphatic heterocycles. The van der Waals surface area contributed by atoms with Crippen molar-refractivity contribution < 1.29 is 9.59 Å². The summed E-state index contributed by atoms with van der Waals surface area (Å²) in [7, 11) is 0. The number of benzene rings is 3. The van der Waals surface area contributed by atoms with Gasteiger partial charge in [0.1, 0.15) is 0 Å². The quantitative estimate of drug-likeness (QED) is 0.474. The smallest absolute Gasteiger partial charge is 0.240 e. The minimum absolute atomic E-state index is 0.0561. The van der Waals surface area contributed by atoms with Crippen molar-refractivity contribution in [3.05, 3.63) is 96.6 Å². The number of carbonyl (C=O) groups is 2. The normalized spacial score (nSPS) is 11.0. The number of hydrogen-bond donors (Lipinski definition) is 1. The van der Waals surface area contributed by atoms with E-state index in [4.69, 9.17) is 0 Å². The lowest BCUT2D eigenvalue weighted by Gasteiger charge is -2.23. The summed E-state index contributed by atoms with van der Waals surface area (Å²) in [5.74, 6) is -0.448. The summed E-state index contributed by atoms with van der Waals surface area (Å²) in [4.78, 5) is 26.7. The molecule has 29 heavy (non-hydrogen) atoms. The first kappa shape index (κ1) is 20.0. The molecule has 3 aromatic rings. The monoisotopic (exact) mass is 385 g/mol. The largest absolute Gasteiger partial charge is 0.281 e. The van der Waals surface area contributed by atoms with Crippen molar-refractivity contribution in [2.24, 2.45) is 5.10 Å². The number of amides is 2. The molecule has 0 atom stereocenters. The fourth-order valence-electron chi connectivity index (χ4n) is 2.87. The summed E-state index contributed by atoms with van der Waals surface area (Å²) in [6.07, 6.45) is 0.135. The number of hydrogen-bond acceptors (Lipinski definition) is 3. The molecule has 5 nitrogen and oxygen atoms in total.